The molecule has 3 aromatic rings. The Labute approximate surface area is 187 Å². The van der Waals surface area contributed by atoms with E-state index in [1.54, 1.807) is 36.6 Å². The SMILES string of the molecule is COc1ccc(NS(=O)(=O)c2ccc(-c3ccsc3)cc2)cc1N1C[C@@H](C)N[C@@H](C)C1. The summed E-state index contributed by atoms with van der Waals surface area (Å²) in [6, 6.07) is 15.0. The average molecular weight is 458 g/mol. The number of piperazine rings is 1. The standard InChI is InChI=1S/C23H27N3O3S2/c1-16-13-26(14-17(2)24-16)22-12-20(6-9-23(22)29-3)25-31(27,28)21-7-4-18(5-8-21)19-10-11-30-15-19/h4-12,15-17,24-25H,13-14H2,1-3H3/t16-,17+. The molecule has 2 aromatic carbocycles. The topological polar surface area (TPSA) is 70.7 Å². The van der Waals surface area contributed by atoms with Gasteiger partial charge < -0.3 is 15.0 Å². The van der Waals surface area contributed by atoms with Gasteiger partial charge in [-0.15, -0.1) is 0 Å². The van der Waals surface area contributed by atoms with E-state index >= 15 is 0 Å². The molecule has 6 nitrogen and oxygen atoms in total. The van der Waals surface area contributed by atoms with E-state index in [-0.39, 0.29) is 4.90 Å². The zero-order valence-electron chi connectivity index (χ0n) is 17.8. The van der Waals surface area contributed by atoms with Gasteiger partial charge in [-0.25, -0.2) is 8.42 Å². The van der Waals surface area contributed by atoms with E-state index in [1.165, 1.54) is 0 Å². The van der Waals surface area contributed by atoms with Gasteiger partial charge in [0.25, 0.3) is 10.0 Å². The minimum absolute atomic E-state index is 0.230. The maximum absolute atomic E-state index is 13.0. The van der Waals surface area contributed by atoms with Gasteiger partial charge in [-0.05, 0) is 72.1 Å². The maximum atomic E-state index is 13.0. The number of anilines is 2. The number of methoxy groups -OCH3 is 1. The first-order valence-electron chi connectivity index (χ1n) is 10.2. The Bertz CT molecular complexity index is 1120. The second-order valence-electron chi connectivity index (χ2n) is 7.90. The van der Waals surface area contributed by atoms with E-state index in [9.17, 15) is 8.42 Å². The highest BCUT2D eigenvalue weighted by atomic mass is 32.2. The summed E-state index contributed by atoms with van der Waals surface area (Å²) in [4.78, 5) is 2.46. The molecular formula is C23H27N3O3S2. The van der Waals surface area contributed by atoms with Crippen LogP contribution in [0.5, 0.6) is 5.75 Å². The number of nitrogens with zero attached hydrogens (tertiary/aromatic N) is 1. The van der Waals surface area contributed by atoms with Gasteiger partial charge >= 0.3 is 0 Å². The summed E-state index contributed by atoms with van der Waals surface area (Å²) in [6.07, 6.45) is 0. The van der Waals surface area contributed by atoms with Crippen molar-refractivity contribution in [3.05, 3.63) is 59.3 Å². The van der Waals surface area contributed by atoms with Gasteiger partial charge in [0.2, 0.25) is 0 Å². The largest absolute Gasteiger partial charge is 0.495 e. The number of rotatable bonds is 6. The molecule has 1 aliphatic heterocycles. The molecule has 2 N–H and O–H groups in total. The molecule has 0 saturated carbocycles. The van der Waals surface area contributed by atoms with Crippen LogP contribution in [0.1, 0.15) is 13.8 Å². The molecule has 0 aliphatic carbocycles. The van der Waals surface area contributed by atoms with Crippen LogP contribution in [0.15, 0.2) is 64.2 Å². The van der Waals surface area contributed by atoms with Crippen LogP contribution < -0.4 is 19.7 Å². The zero-order valence-corrected chi connectivity index (χ0v) is 19.5. The molecule has 0 bridgehead atoms. The summed E-state index contributed by atoms with van der Waals surface area (Å²) < 4.78 is 34.2. The maximum Gasteiger partial charge on any atom is 0.261 e. The molecule has 164 valence electrons. The van der Waals surface area contributed by atoms with Crippen LogP contribution in [-0.2, 0) is 10.0 Å². The molecule has 31 heavy (non-hydrogen) atoms. The van der Waals surface area contributed by atoms with Gasteiger partial charge in [0, 0.05) is 25.2 Å². The summed E-state index contributed by atoms with van der Waals surface area (Å²) in [6.45, 7) is 5.92. The smallest absolute Gasteiger partial charge is 0.261 e. The number of sulfonamides is 1. The van der Waals surface area contributed by atoms with Gasteiger partial charge in [-0.1, -0.05) is 12.1 Å². The molecular weight excluding hydrogens is 430 g/mol. The summed E-state index contributed by atoms with van der Waals surface area (Å²) in [5, 5.41) is 7.55. The van der Waals surface area contributed by atoms with Crippen molar-refractivity contribution < 1.29 is 13.2 Å². The summed E-state index contributed by atoms with van der Waals surface area (Å²) in [5.74, 6) is 0.726. The molecule has 0 spiro atoms. The molecule has 1 fully saturated rings. The highest BCUT2D eigenvalue weighted by Gasteiger charge is 2.24. The predicted octanol–water partition coefficient (Wildman–Crippen LogP) is 4.41. The van der Waals surface area contributed by atoms with Crippen LogP contribution in [0.4, 0.5) is 11.4 Å². The monoisotopic (exact) mass is 457 g/mol. The first-order chi connectivity index (χ1) is 14.9. The van der Waals surface area contributed by atoms with Crippen molar-refractivity contribution in [3.63, 3.8) is 0 Å². The second-order valence-corrected chi connectivity index (χ2v) is 10.4. The lowest BCUT2D eigenvalue weighted by Gasteiger charge is -2.38. The van der Waals surface area contributed by atoms with Crippen molar-refractivity contribution in [3.8, 4) is 16.9 Å². The third kappa shape index (κ3) is 4.87. The highest BCUT2D eigenvalue weighted by Crippen LogP contribution is 2.33. The summed E-state index contributed by atoms with van der Waals surface area (Å²) in [5.41, 5.74) is 3.47. The van der Waals surface area contributed by atoms with Gasteiger partial charge in [0.05, 0.1) is 23.4 Å². The summed E-state index contributed by atoms with van der Waals surface area (Å²) in [7, 11) is -2.07. The van der Waals surface area contributed by atoms with Gasteiger partial charge in [-0.3, -0.25) is 4.72 Å². The van der Waals surface area contributed by atoms with Crippen molar-refractivity contribution in [2.45, 2.75) is 30.8 Å². The third-order valence-corrected chi connectivity index (χ3v) is 7.43. The van der Waals surface area contributed by atoms with Crippen LogP contribution in [0.25, 0.3) is 11.1 Å². The molecule has 0 amide bonds. The van der Waals surface area contributed by atoms with E-state index in [0.29, 0.717) is 17.8 Å². The Morgan fingerprint density at radius 3 is 2.35 bits per heavy atom. The van der Waals surface area contributed by atoms with Crippen LogP contribution in [-0.4, -0.2) is 40.7 Å². The molecule has 1 aliphatic rings. The van der Waals surface area contributed by atoms with Crippen molar-refractivity contribution in [1.29, 1.82) is 0 Å². The van der Waals surface area contributed by atoms with Gasteiger partial charge in [-0.2, -0.15) is 11.3 Å². The Morgan fingerprint density at radius 2 is 1.74 bits per heavy atom. The molecule has 2 atom stereocenters. The van der Waals surface area contributed by atoms with Crippen LogP contribution in [0.3, 0.4) is 0 Å². The molecule has 0 unspecified atom stereocenters. The zero-order chi connectivity index (χ0) is 22.0. The minimum Gasteiger partial charge on any atom is -0.495 e. The average Bonchev–Trinajstić information content (AvgIpc) is 3.28. The van der Waals surface area contributed by atoms with E-state index in [2.05, 4.69) is 28.8 Å². The molecule has 1 aromatic heterocycles. The molecule has 1 saturated heterocycles. The fraction of sp³-hybridized carbons (Fsp3) is 0.304. The van der Waals surface area contributed by atoms with Crippen LogP contribution >= 0.6 is 11.3 Å². The lowest BCUT2D eigenvalue weighted by atomic mass is 10.1. The lowest BCUT2D eigenvalue weighted by Crippen LogP contribution is -2.54. The number of thiophene rings is 1. The molecule has 8 heteroatoms. The van der Waals surface area contributed by atoms with Crippen LogP contribution in [0.2, 0.25) is 0 Å². The molecule has 2 heterocycles. The normalized spacial score (nSPS) is 19.3. The Kier molecular flexibility index (Phi) is 6.22. The molecule has 0 radical (unpaired) electrons. The lowest BCUT2D eigenvalue weighted by molar-refractivity contribution is 0.391. The number of hydrogen-bond donors (Lipinski definition) is 2. The number of hydrogen-bond acceptors (Lipinski definition) is 6. The van der Waals surface area contributed by atoms with E-state index in [1.807, 2.05) is 41.1 Å². The second kappa shape index (κ2) is 8.90. The fourth-order valence-electron chi connectivity index (χ4n) is 3.99. The number of ether oxygens (including phenoxy) is 1. The van der Waals surface area contributed by atoms with Crippen LogP contribution in [0, 0.1) is 0 Å². The number of nitrogens with one attached hydrogen (secondary N) is 2. The van der Waals surface area contributed by atoms with Crippen molar-refractivity contribution >= 4 is 32.7 Å². The van der Waals surface area contributed by atoms with E-state index in [0.717, 1.165) is 35.7 Å². The van der Waals surface area contributed by atoms with E-state index < -0.39 is 10.0 Å². The quantitative estimate of drug-likeness (QED) is 0.574. The highest BCUT2D eigenvalue weighted by molar-refractivity contribution is 7.92. The van der Waals surface area contributed by atoms with Gasteiger partial charge in [0.1, 0.15) is 5.75 Å². The van der Waals surface area contributed by atoms with Crippen molar-refractivity contribution in [2.75, 3.05) is 29.8 Å². The fourth-order valence-corrected chi connectivity index (χ4v) is 5.71. The van der Waals surface area contributed by atoms with Gasteiger partial charge in [0.15, 0.2) is 0 Å². The minimum atomic E-state index is -3.71. The first kappa shape index (κ1) is 21.7. The first-order valence-corrected chi connectivity index (χ1v) is 12.6. The Morgan fingerprint density at radius 1 is 1.03 bits per heavy atom. The third-order valence-electron chi connectivity index (χ3n) is 5.35. The molecule has 4 rings (SSSR count). The predicted molar refractivity (Wildman–Crippen MR) is 128 cm³/mol. The number of benzene rings is 2. The van der Waals surface area contributed by atoms with Crippen molar-refractivity contribution in [1.82, 2.24) is 5.32 Å². The summed E-state index contributed by atoms with van der Waals surface area (Å²) >= 11 is 1.61. The van der Waals surface area contributed by atoms with E-state index in [4.69, 9.17) is 4.74 Å². The Balaban J connectivity index is 1.58. The van der Waals surface area contributed by atoms with Crippen molar-refractivity contribution in [2.24, 2.45) is 0 Å². The Hall–Kier alpha value is -2.55.